The molecule has 0 atom stereocenters. The van der Waals surface area contributed by atoms with E-state index in [9.17, 15) is 9.59 Å². The Morgan fingerprint density at radius 3 is 2.40 bits per heavy atom. The van der Waals surface area contributed by atoms with Gasteiger partial charge < -0.3 is 10.1 Å². The van der Waals surface area contributed by atoms with Crippen molar-refractivity contribution in [2.75, 3.05) is 18.2 Å². The molecule has 0 radical (unpaired) electrons. The van der Waals surface area contributed by atoms with Crippen LogP contribution >= 0.6 is 11.8 Å². The first-order chi connectivity index (χ1) is 11.9. The Morgan fingerprint density at radius 1 is 1.12 bits per heavy atom. The van der Waals surface area contributed by atoms with E-state index in [0.717, 1.165) is 21.7 Å². The SMILES string of the molecule is CSc1ccc(C(=O)OCC(=O)Nc2c(C)cccc2C(C)C)cc1. The standard InChI is InChI=1S/C20H23NO3S/c1-13(2)17-7-5-6-14(3)19(17)21-18(22)12-24-20(23)15-8-10-16(25-4)11-9-15/h5-11,13H,12H2,1-4H3,(H,21,22). The monoisotopic (exact) mass is 357 g/mol. The number of amides is 1. The van der Waals surface area contributed by atoms with Crippen molar-refractivity contribution in [2.45, 2.75) is 31.6 Å². The van der Waals surface area contributed by atoms with Crippen LogP contribution in [0.5, 0.6) is 0 Å². The summed E-state index contributed by atoms with van der Waals surface area (Å²) in [5.41, 5.74) is 3.28. The number of aryl methyl sites for hydroxylation is 1. The van der Waals surface area contributed by atoms with E-state index in [1.165, 1.54) is 0 Å². The van der Waals surface area contributed by atoms with Crippen LogP contribution in [0.2, 0.25) is 0 Å². The molecule has 2 aromatic carbocycles. The average Bonchev–Trinajstić information content (AvgIpc) is 2.61. The van der Waals surface area contributed by atoms with Crippen molar-refractivity contribution < 1.29 is 14.3 Å². The fourth-order valence-electron chi connectivity index (χ4n) is 2.46. The highest BCUT2D eigenvalue weighted by atomic mass is 32.2. The van der Waals surface area contributed by atoms with Crippen molar-refractivity contribution in [1.29, 1.82) is 0 Å². The lowest BCUT2D eigenvalue weighted by molar-refractivity contribution is -0.119. The molecular formula is C20H23NO3S. The number of carbonyl (C=O) groups is 2. The highest BCUT2D eigenvalue weighted by Gasteiger charge is 2.14. The quantitative estimate of drug-likeness (QED) is 0.605. The van der Waals surface area contributed by atoms with Crippen LogP contribution in [-0.2, 0) is 9.53 Å². The molecule has 25 heavy (non-hydrogen) atoms. The summed E-state index contributed by atoms with van der Waals surface area (Å²) in [6.45, 7) is 5.78. The van der Waals surface area contributed by atoms with Gasteiger partial charge in [-0.15, -0.1) is 11.8 Å². The number of benzene rings is 2. The topological polar surface area (TPSA) is 55.4 Å². The van der Waals surface area contributed by atoms with Crippen LogP contribution in [0.25, 0.3) is 0 Å². The number of anilines is 1. The number of thioether (sulfide) groups is 1. The molecule has 0 bridgehead atoms. The minimum absolute atomic E-state index is 0.285. The van der Waals surface area contributed by atoms with E-state index in [1.807, 2.05) is 43.5 Å². The molecule has 0 saturated heterocycles. The third kappa shape index (κ3) is 5.10. The number of nitrogens with one attached hydrogen (secondary N) is 1. The number of ether oxygens (including phenoxy) is 1. The van der Waals surface area contributed by atoms with Gasteiger partial charge in [0.05, 0.1) is 5.56 Å². The van der Waals surface area contributed by atoms with Gasteiger partial charge in [0.15, 0.2) is 6.61 Å². The van der Waals surface area contributed by atoms with Crippen LogP contribution in [0.4, 0.5) is 5.69 Å². The molecule has 5 heteroatoms. The second kappa shape index (κ2) is 8.72. The zero-order valence-corrected chi connectivity index (χ0v) is 15.8. The van der Waals surface area contributed by atoms with E-state index in [1.54, 1.807) is 23.9 Å². The second-order valence-electron chi connectivity index (χ2n) is 6.05. The molecule has 0 aliphatic rings. The maximum atomic E-state index is 12.2. The van der Waals surface area contributed by atoms with Gasteiger partial charge in [0, 0.05) is 10.6 Å². The van der Waals surface area contributed by atoms with Crippen molar-refractivity contribution in [2.24, 2.45) is 0 Å². The van der Waals surface area contributed by atoms with Crippen LogP contribution in [0.15, 0.2) is 47.4 Å². The number of rotatable bonds is 6. The van der Waals surface area contributed by atoms with E-state index in [2.05, 4.69) is 19.2 Å². The van der Waals surface area contributed by atoms with Crippen LogP contribution < -0.4 is 5.32 Å². The molecular weight excluding hydrogens is 334 g/mol. The van der Waals surface area contributed by atoms with E-state index >= 15 is 0 Å². The minimum Gasteiger partial charge on any atom is -0.452 e. The molecule has 0 aromatic heterocycles. The highest BCUT2D eigenvalue weighted by Crippen LogP contribution is 2.27. The van der Waals surface area contributed by atoms with Crippen LogP contribution in [-0.4, -0.2) is 24.7 Å². The van der Waals surface area contributed by atoms with Crippen LogP contribution in [0, 0.1) is 6.92 Å². The Balaban J connectivity index is 1.98. The lowest BCUT2D eigenvalue weighted by Crippen LogP contribution is -2.22. The molecule has 2 rings (SSSR count). The zero-order valence-electron chi connectivity index (χ0n) is 15.0. The Morgan fingerprint density at radius 2 is 1.80 bits per heavy atom. The summed E-state index contributed by atoms with van der Waals surface area (Å²) in [5.74, 6) is -0.561. The molecule has 2 aromatic rings. The van der Waals surface area contributed by atoms with Gasteiger partial charge in [0.2, 0.25) is 0 Å². The maximum Gasteiger partial charge on any atom is 0.338 e. The predicted octanol–water partition coefficient (Wildman–Crippen LogP) is 4.64. The normalized spacial score (nSPS) is 10.6. The van der Waals surface area contributed by atoms with Crippen molar-refractivity contribution >= 4 is 29.3 Å². The number of esters is 1. The molecule has 4 nitrogen and oxygen atoms in total. The highest BCUT2D eigenvalue weighted by molar-refractivity contribution is 7.98. The Hall–Kier alpha value is -2.27. The van der Waals surface area contributed by atoms with Gasteiger partial charge in [-0.1, -0.05) is 32.0 Å². The molecule has 0 unspecified atom stereocenters. The molecule has 0 heterocycles. The van der Waals surface area contributed by atoms with Gasteiger partial charge in [0.1, 0.15) is 0 Å². The maximum absolute atomic E-state index is 12.2. The summed E-state index contributed by atoms with van der Waals surface area (Å²) >= 11 is 1.60. The van der Waals surface area contributed by atoms with Gasteiger partial charge in [-0.3, -0.25) is 4.79 Å². The minimum atomic E-state index is -0.503. The third-order valence-electron chi connectivity index (χ3n) is 3.85. The summed E-state index contributed by atoms with van der Waals surface area (Å²) in [6.07, 6.45) is 1.97. The van der Waals surface area contributed by atoms with Gasteiger partial charge in [-0.05, 0) is 54.5 Å². The van der Waals surface area contributed by atoms with Gasteiger partial charge in [-0.25, -0.2) is 4.79 Å². The first kappa shape index (κ1) is 19.1. The molecule has 0 aliphatic heterocycles. The van der Waals surface area contributed by atoms with E-state index in [-0.39, 0.29) is 18.4 Å². The van der Waals surface area contributed by atoms with E-state index < -0.39 is 5.97 Å². The molecule has 1 N–H and O–H groups in total. The molecule has 0 aliphatic carbocycles. The van der Waals surface area contributed by atoms with Crippen molar-refractivity contribution in [3.05, 3.63) is 59.2 Å². The summed E-state index contributed by atoms with van der Waals surface area (Å²) in [5, 5.41) is 2.87. The number of para-hydroxylation sites is 1. The molecule has 1 amide bonds. The van der Waals surface area contributed by atoms with E-state index in [4.69, 9.17) is 4.74 Å². The first-order valence-electron chi connectivity index (χ1n) is 8.13. The molecule has 0 spiro atoms. The second-order valence-corrected chi connectivity index (χ2v) is 6.93. The fourth-order valence-corrected chi connectivity index (χ4v) is 2.87. The third-order valence-corrected chi connectivity index (χ3v) is 4.60. The Kier molecular flexibility index (Phi) is 6.65. The van der Waals surface area contributed by atoms with Crippen molar-refractivity contribution in [3.8, 4) is 0 Å². The first-order valence-corrected chi connectivity index (χ1v) is 9.35. The number of hydrogen-bond acceptors (Lipinski definition) is 4. The molecule has 132 valence electrons. The van der Waals surface area contributed by atoms with Crippen LogP contribution in [0.1, 0.15) is 41.3 Å². The average molecular weight is 357 g/mol. The fraction of sp³-hybridized carbons (Fsp3) is 0.300. The largest absolute Gasteiger partial charge is 0.452 e. The van der Waals surface area contributed by atoms with Gasteiger partial charge >= 0.3 is 5.97 Å². The summed E-state index contributed by atoms with van der Waals surface area (Å²) in [6, 6.07) is 13.0. The summed E-state index contributed by atoms with van der Waals surface area (Å²) in [7, 11) is 0. The lowest BCUT2D eigenvalue weighted by atomic mass is 9.98. The summed E-state index contributed by atoms with van der Waals surface area (Å²) in [4.78, 5) is 25.3. The van der Waals surface area contributed by atoms with Gasteiger partial charge in [0.25, 0.3) is 5.91 Å². The Bertz CT molecular complexity index is 754. The number of hydrogen-bond donors (Lipinski definition) is 1. The zero-order chi connectivity index (χ0) is 18.4. The smallest absolute Gasteiger partial charge is 0.338 e. The van der Waals surface area contributed by atoms with E-state index in [0.29, 0.717) is 5.56 Å². The van der Waals surface area contributed by atoms with Crippen molar-refractivity contribution in [1.82, 2.24) is 0 Å². The van der Waals surface area contributed by atoms with Gasteiger partial charge in [-0.2, -0.15) is 0 Å². The molecule has 0 fully saturated rings. The predicted molar refractivity (Wildman–Crippen MR) is 102 cm³/mol. The van der Waals surface area contributed by atoms with Crippen molar-refractivity contribution in [3.63, 3.8) is 0 Å². The number of carbonyl (C=O) groups excluding carboxylic acids is 2. The van der Waals surface area contributed by atoms with Crippen LogP contribution in [0.3, 0.4) is 0 Å². The molecule has 0 saturated carbocycles. The lowest BCUT2D eigenvalue weighted by Gasteiger charge is -2.16. The summed E-state index contributed by atoms with van der Waals surface area (Å²) < 4.78 is 5.12. The Labute approximate surface area is 153 Å².